The summed E-state index contributed by atoms with van der Waals surface area (Å²) >= 11 is 0. The number of nitrogen functional groups attached to an aromatic ring is 2. The Morgan fingerprint density at radius 3 is 2.50 bits per heavy atom. The molecule has 88 valence electrons. The average Bonchev–Trinajstić information content (AvgIpc) is 2.23. The summed E-state index contributed by atoms with van der Waals surface area (Å²) in [6.45, 7) is 0.515. The first-order valence-electron chi connectivity index (χ1n) is 5.12. The molecule has 6 heteroatoms. The van der Waals surface area contributed by atoms with Crippen molar-refractivity contribution in [3.8, 4) is 0 Å². The molecule has 0 saturated carbocycles. The highest BCUT2D eigenvalue weighted by atomic mass is 19.3. The minimum absolute atomic E-state index is 0.164. The molecule has 0 spiro atoms. The zero-order valence-electron chi connectivity index (χ0n) is 8.79. The number of piperidine rings is 1. The van der Waals surface area contributed by atoms with Crippen molar-refractivity contribution >= 4 is 17.2 Å². The zero-order chi connectivity index (χ0) is 11.8. The van der Waals surface area contributed by atoms with E-state index in [0.717, 1.165) is 0 Å². The van der Waals surface area contributed by atoms with E-state index < -0.39 is 5.92 Å². The molecule has 1 aliphatic rings. The molecule has 2 rings (SSSR count). The SMILES string of the molecule is Nc1ccnc(N2CCC(F)(F)CC2)c1N. The summed E-state index contributed by atoms with van der Waals surface area (Å²) in [6, 6.07) is 1.59. The van der Waals surface area contributed by atoms with E-state index in [4.69, 9.17) is 11.5 Å². The van der Waals surface area contributed by atoms with Crippen LogP contribution in [-0.2, 0) is 0 Å². The molecule has 0 radical (unpaired) electrons. The van der Waals surface area contributed by atoms with E-state index in [2.05, 4.69) is 4.98 Å². The Morgan fingerprint density at radius 1 is 1.25 bits per heavy atom. The van der Waals surface area contributed by atoms with Crippen LogP contribution in [0, 0.1) is 0 Å². The van der Waals surface area contributed by atoms with Crippen molar-refractivity contribution in [3.05, 3.63) is 12.3 Å². The molecule has 0 amide bonds. The number of pyridine rings is 1. The molecular weight excluding hydrogens is 214 g/mol. The average molecular weight is 228 g/mol. The van der Waals surface area contributed by atoms with Crippen LogP contribution >= 0.6 is 0 Å². The van der Waals surface area contributed by atoms with Gasteiger partial charge < -0.3 is 16.4 Å². The number of halogens is 2. The maximum Gasteiger partial charge on any atom is 0.251 e. The van der Waals surface area contributed by atoms with Crippen LogP contribution in [-0.4, -0.2) is 24.0 Å². The molecule has 1 aromatic rings. The van der Waals surface area contributed by atoms with E-state index in [0.29, 0.717) is 17.2 Å². The van der Waals surface area contributed by atoms with Crippen molar-refractivity contribution < 1.29 is 8.78 Å². The molecular formula is C10H14F2N4. The van der Waals surface area contributed by atoms with Crippen LogP contribution in [0.4, 0.5) is 26.0 Å². The monoisotopic (exact) mass is 228 g/mol. The first-order valence-corrected chi connectivity index (χ1v) is 5.12. The Morgan fingerprint density at radius 2 is 1.88 bits per heavy atom. The van der Waals surface area contributed by atoms with E-state index in [1.165, 1.54) is 6.20 Å². The fourth-order valence-corrected chi connectivity index (χ4v) is 1.77. The van der Waals surface area contributed by atoms with Crippen LogP contribution in [0.2, 0.25) is 0 Å². The smallest absolute Gasteiger partial charge is 0.251 e. The van der Waals surface area contributed by atoms with Crippen LogP contribution < -0.4 is 16.4 Å². The van der Waals surface area contributed by atoms with Gasteiger partial charge in [0.05, 0.1) is 11.4 Å². The Bertz CT molecular complexity index is 384. The molecule has 4 N–H and O–H groups in total. The van der Waals surface area contributed by atoms with Gasteiger partial charge in [-0.2, -0.15) is 0 Å². The number of aromatic nitrogens is 1. The molecule has 0 bridgehead atoms. The van der Waals surface area contributed by atoms with Gasteiger partial charge >= 0.3 is 0 Å². The molecule has 1 saturated heterocycles. The number of nitrogens with two attached hydrogens (primary N) is 2. The second-order valence-electron chi connectivity index (χ2n) is 3.98. The molecule has 0 unspecified atom stereocenters. The Labute approximate surface area is 92.2 Å². The predicted molar refractivity (Wildman–Crippen MR) is 59.5 cm³/mol. The highest BCUT2D eigenvalue weighted by molar-refractivity contribution is 5.76. The third-order valence-electron chi connectivity index (χ3n) is 2.80. The predicted octanol–water partition coefficient (Wildman–Crippen LogP) is 1.48. The molecule has 4 nitrogen and oxygen atoms in total. The maximum atomic E-state index is 13.0. The Balaban J connectivity index is 2.17. The number of nitrogens with zero attached hydrogens (tertiary/aromatic N) is 2. The van der Waals surface area contributed by atoms with Gasteiger partial charge in [0.2, 0.25) is 0 Å². The topological polar surface area (TPSA) is 68.2 Å². The first kappa shape index (κ1) is 10.9. The minimum Gasteiger partial charge on any atom is -0.397 e. The van der Waals surface area contributed by atoms with E-state index in [9.17, 15) is 8.78 Å². The third kappa shape index (κ3) is 2.00. The molecule has 0 atom stereocenters. The van der Waals surface area contributed by atoms with Gasteiger partial charge in [-0.05, 0) is 6.07 Å². The Hall–Kier alpha value is -1.59. The van der Waals surface area contributed by atoms with Crippen molar-refractivity contribution in [3.63, 3.8) is 0 Å². The van der Waals surface area contributed by atoms with Crippen LogP contribution in [0.25, 0.3) is 0 Å². The van der Waals surface area contributed by atoms with Gasteiger partial charge in [0.1, 0.15) is 0 Å². The van der Waals surface area contributed by atoms with Crippen molar-refractivity contribution in [1.82, 2.24) is 4.98 Å². The molecule has 2 heterocycles. The number of anilines is 3. The van der Waals surface area contributed by atoms with Crippen molar-refractivity contribution in [1.29, 1.82) is 0 Å². The quantitative estimate of drug-likeness (QED) is 0.764. The lowest BCUT2D eigenvalue weighted by Gasteiger charge is -2.33. The van der Waals surface area contributed by atoms with Gasteiger partial charge in [-0.15, -0.1) is 0 Å². The molecule has 16 heavy (non-hydrogen) atoms. The number of hydrogen-bond acceptors (Lipinski definition) is 4. The highest BCUT2D eigenvalue weighted by Crippen LogP contribution is 2.33. The summed E-state index contributed by atoms with van der Waals surface area (Å²) in [5.74, 6) is -2.05. The van der Waals surface area contributed by atoms with Gasteiger partial charge in [0.15, 0.2) is 5.82 Å². The Kier molecular flexibility index (Phi) is 2.57. The summed E-state index contributed by atoms with van der Waals surface area (Å²) in [5.41, 5.74) is 12.2. The molecule has 1 aromatic heterocycles. The van der Waals surface area contributed by atoms with Gasteiger partial charge in [0, 0.05) is 32.1 Å². The third-order valence-corrected chi connectivity index (χ3v) is 2.80. The van der Waals surface area contributed by atoms with Gasteiger partial charge in [-0.1, -0.05) is 0 Å². The van der Waals surface area contributed by atoms with E-state index in [1.54, 1.807) is 11.0 Å². The van der Waals surface area contributed by atoms with Crippen LogP contribution in [0.1, 0.15) is 12.8 Å². The number of hydrogen-bond donors (Lipinski definition) is 2. The van der Waals surface area contributed by atoms with E-state index >= 15 is 0 Å². The lowest BCUT2D eigenvalue weighted by atomic mass is 10.1. The summed E-state index contributed by atoms with van der Waals surface area (Å²) < 4.78 is 25.9. The van der Waals surface area contributed by atoms with Gasteiger partial charge in [-0.25, -0.2) is 13.8 Å². The van der Waals surface area contributed by atoms with Crippen LogP contribution in [0.5, 0.6) is 0 Å². The molecule has 1 aliphatic heterocycles. The summed E-state index contributed by atoms with van der Waals surface area (Å²) in [5, 5.41) is 0. The normalized spacial score (nSPS) is 19.8. The maximum absolute atomic E-state index is 13.0. The van der Waals surface area contributed by atoms with Crippen molar-refractivity contribution in [2.24, 2.45) is 0 Å². The summed E-state index contributed by atoms with van der Waals surface area (Å²) in [6.07, 6.45) is 1.21. The van der Waals surface area contributed by atoms with Crippen molar-refractivity contribution in [2.45, 2.75) is 18.8 Å². The number of rotatable bonds is 1. The lowest BCUT2D eigenvalue weighted by molar-refractivity contribution is -0.0221. The van der Waals surface area contributed by atoms with Crippen LogP contribution in [0.3, 0.4) is 0 Å². The molecule has 1 fully saturated rings. The largest absolute Gasteiger partial charge is 0.397 e. The van der Waals surface area contributed by atoms with Crippen LogP contribution in [0.15, 0.2) is 12.3 Å². The molecule has 0 aromatic carbocycles. The zero-order valence-corrected chi connectivity index (χ0v) is 8.79. The minimum atomic E-state index is -2.56. The standard InChI is InChI=1S/C10H14F2N4/c11-10(12)2-5-16(6-3-10)9-8(14)7(13)1-4-15-9/h1,4H,2-3,5-6,14H2,(H2,13,15). The lowest BCUT2D eigenvalue weighted by Crippen LogP contribution is -2.40. The number of alkyl halides is 2. The fourth-order valence-electron chi connectivity index (χ4n) is 1.77. The highest BCUT2D eigenvalue weighted by Gasteiger charge is 2.34. The van der Waals surface area contributed by atoms with E-state index in [1.807, 2.05) is 0 Å². The second-order valence-corrected chi connectivity index (χ2v) is 3.98. The fraction of sp³-hybridized carbons (Fsp3) is 0.500. The van der Waals surface area contributed by atoms with E-state index in [-0.39, 0.29) is 25.9 Å². The first-order chi connectivity index (χ1) is 7.49. The van der Waals surface area contributed by atoms with Gasteiger partial charge in [0.25, 0.3) is 5.92 Å². The second kappa shape index (κ2) is 3.77. The van der Waals surface area contributed by atoms with Crippen molar-refractivity contribution in [2.75, 3.05) is 29.5 Å². The van der Waals surface area contributed by atoms with Gasteiger partial charge in [-0.3, -0.25) is 0 Å². The molecule has 0 aliphatic carbocycles. The summed E-state index contributed by atoms with van der Waals surface area (Å²) in [7, 11) is 0. The summed E-state index contributed by atoms with van der Waals surface area (Å²) in [4.78, 5) is 5.84.